The van der Waals surface area contributed by atoms with Crippen LogP contribution in [0.4, 0.5) is 0 Å². The second-order valence-electron chi connectivity index (χ2n) is 8.80. The van der Waals surface area contributed by atoms with Gasteiger partial charge >= 0.3 is 0 Å². The molecule has 0 amide bonds. The Balaban J connectivity index is 1.20. The second-order valence-corrected chi connectivity index (χ2v) is 8.80. The minimum Gasteiger partial charge on any atom is -0.493 e. The molecule has 0 bridgehead atoms. The fourth-order valence-corrected chi connectivity index (χ4v) is 4.20. The largest absolute Gasteiger partial charge is 0.493 e. The summed E-state index contributed by atoms with van der Waals surface area (Å²) in [5.41, 5.74) is 4.11. The van der Waals surface area contributed by atoms with Gasteiger partial charge in [-0.25, -0.2) is 4.98 Å². The lowest BCUT2D eigenvalue weighted by Gasteiger charge is -2.13. The topological polar surface area (TPSA) is 90.0 Å². The van der Waals surface area contributed by atoms with E-state index in [0.29, 0.717) is 30.7 Å². The Morgan fingerprint density at radius 2 is 1.75 bits per heavy atom. The molecule has 184 valence electrons. The molecule has 0 fully saturated rings. The highest BCUT2D eigenvalue weighted by Gasteiger charge is 2.22. The molecule has 3 aromatic heterocycles. The predicted octanol–water partition coefficient (Wildman–Crippen LogP) is 6.31. The number of nitrogens with zero attached hydrogens (tertiary/aromatic N) is 3. The first-order valence-electron chi connectivity index (χ1n) is 12.4. The standard InChI is InChI=1S/C29H30N4O3/c1-3-8-27-32-33-29(36-27)24(26-11-7-17-30-26)19-21-12-14-23(15-13-21)34-18-16-25-20(2)35-28(31-25)22-9-5-4-6-10-22/h4-7,9-15,17,24,30H,3,8,16,18-19H2,1-2H3/t24-/m0/s1. The lowest BCUT2D eigenvalue weighted by molar-refractivity contribution is 0.320. The third kappa shape index (κ3) is 5.57. The van der Waals surface area contributed by atoms with Gasteiger partial charge in [-0.3, -0.25) is 0 Å². The molecule has 0 aliphatic heterocycles. The van der Waals surface area contributed by atoms with Crippen molar-refractivity contribution in [2.75, 3.05) is 6.61 Å². The van der Waals surface area contributed by atoms with Crippen molar-refractivity contribution in [2.45, 2.75) is 45.4 Å². The second kappa shape index (κ2) is 11.1. The molecule has 0 saturated carbocycles. The van der Waals surface area contributed by atoms with Gasteiger partial charge in [-0.1, -0.05) is 37.3 Å². The van der Waals surface area contributed by atoms with Crippen LogP contribution in [0.2, 0.25) is 0 Å². The molecule has 0 radical (unpaired) electrons. The maximum absolute atomic E-state index is 6.00. The van der Waals surface area contributed by atoms with E-state index < -0.39 is 0 Å². The number of aromatic amines is 1. The van der Waals surface area contributed by atoms with E-state index in [1.807, 2.05) is 61.7 Å². The Morgan fingerprint density at radius 1 is 0.917 bits per heavy atom. The zero-order valence-electron chi connectivity index (χ0n) is 20.6. The molecule has 5 aromatic rings. The molecule has 1 N–H and O–H groups in total. The Hall–Kier alpha value is -4.13. The number of aromatic nitrogens is 4. The van der Waals surface area contributed by atoms with Crippen molar-refractivity contribution in [1.29, 1.82) is 0 Å². The smallest absolute Gasteiger partial charge is 0.226 e. The van der Waals surface area contributed by atoms with Crippen LogP contribution in [0.15, 0.2) is 81.8 Å². The molecule has 2 aromatic carbocycles. The third-order valence-corrected chi connectivity index (χ3v) is 6.13. The monoisotopic (exact) mass is 482 g/mol. The summed E-state index contributed by atoms with van der Waals surface area (Å²) >= 11 is 0. The summed E-state index contributed by atoms with van der Waals surface area (Å²) in [6.45, 7) is 4.57. The third-order valence-electron chi connectivity index (χ3n) is 6.13. The highest BCUT2D eigenvalue weighted by molar-refractivity contribution is 5.53. The molecule has 7 heteroatoms. The average Bonchev–Trinajstić information content (AvgIpc) is 3.67. The van der Waals surface area contributed by atoms with Crippen LogP contribution in [0.1, 0.15) is 53.8 Å². The molecular weight excluding hydrogens is 452 g/mol. The van der Waals surface area contributed by atoms with Crippen LogP contribution in [0, 0.1) is 6.92 Å². The van der Waals surface area contributed by atoms with Gasteiger partial charge in [0.2, 0.25) is 17.7 Å². The first-order chi connectivity index (χ1) is 17.7. The minimum atomic E-state index is -0.0289. The van der Waals surface area contributed by atoms with E-state index in [2.05, 4.69) is 45.3 Å². The molecular formula is C29H30N4O3. The summed E-state index contributed by atoms with van der Waals surface area (Å²) in [5, 5.41) is 8.54. The van der Waals surface area contributed by atoms with Gasteiger partial charge in [0.25, 0.3) is 0 Å². The van der Waals surface area contributed by atoms with Gasteiger partial charge in [0.15, 0.2) is 0 Å². The van der Waals surface area contributed by atoms with Gasteiger partial charge in [0.1, 0.15) is 11.5 Å². The molecule has 1 atom stereocenters. The van der Waals surface area contributed by atoms with Crippen LogP contribution in [-0.4, -0.2) is 26.8 Å². The van der Waals surface area contributed by atoms with E-state index in [1.54, 1.807) is 0 Å². The van der Waals surface area contributed by atoms with Gasteiger partial charge in [-0.05, 0) is 61.7 Å². The zero-order chi connectivity index (χ0) is 24.7. The molecule has 7 nitrogen and oxygen atoms in total. The Bertz CT molecular complexity index is 1360. The number of ether oxygens (including phenoxy) is 1. The molecule has 0 unspecified atom stereocenters. The summed E-state index contributed by atoms with van der Waals surface area (Å²) in [6, 6.07) is 22.2. The molecule has 0 saturated heterocycles. The summed E-state index contributed by atoms with van der Waals surface area (Å²) in [6.07, 6.45) is 5.10. The number of H-pyrrole nitrogens is 1. The first-order valence-corrected chi connectivity index (χ1v) is 12.4. The van der Waals surface area contributed by atoms with Gasteiger partial charge in [-0.2, -0.15) is 0 Å². The van der Waals surface area contributed by atoms with E-state index in [0.717, 1.165) is 53.3 Å². The molecule has 0 aliphatic rings. The normalized spacial score (nSPS) is 12.1. The number of benzene rings is 2. The summed E-state index contributed by atoms with van der Waals surface area (Å²) in [5.74, 6) is 3.59. The van der Waals surface area contributed by atoms with Gasteiger partial charge in [0, 0.05) is 30.3 Å². The number of hydrogen-bond acceptors (Lipinski definition) is 6. The SMILES string of the molecule is CCCc1nnc([C@@H](Cc2ccc(OCCc3nc(-c4ccccc4)oc3C)cc2)c2ccc[nH]2)o1. The summed E-state index contributed by atoms with van der Waals surface area (Å²) in [4.78, 5) is 7.96. The van der Waals surface area contributed by atoms with Crippen molar-refractivity contribution in [3.8, 4) is 17.2 Å². The fourth-order valence-electron chi connectivity index (χ4n) is 4.20. The fraction of sp³-hybridized carbons (Fsp3) is 0.276. The summed E-state index contributed by atoms with van der Waals surface area (Å²) in [7, 11) is 0. The van der Waals surface area contributed by atoms with Crippen LogP contribution in [0.25, 0.3) is 11.5 Å². The van der Waals surface area contributed by atoms with Gasteiger partial charge in [0.05, 0.1) is 18.2 Å². The molecule has 0 aliphatic carbocycles. The van der Waals surface area contributed by atoms with Crippen LogP contribution >= 0.6 is 0 Å². The Kier molecular flexibility index (Phi) is 7.26. The lowest BCUT2D eigenvalue weighted by Crippen LogP contribution is -2.07. The van der Waals surface area contributed by atoms with E-state index in [4.69, 9.17) is 13.6 Å². The van der Waals surface area contributed by atoms with Crippen molar-refractivity contribution >= 4 is 0 Å². The lowest BCUT2D eigenvalue weighted by atomic mass is 9.96. The van der Waals surface area contributed by atoms with Crippen LogP contribution in [0.3, 0.4) is 0 Å². The van der Waals surface area contributed by atoms with Crippen molar-refractivity contribution in [3.63, 3.8) is 0 Å². The Labute approximate surface area is 210 Å². The number of oxazole rings is 1. The number of rotatable bonds is 11. The number of aryl methyl sites for hydroxylation is 2. The van der Waals surface area contributed by atoms with Crippen LogP contribution in [0.5, 0.6) is 5.75 Å². The maximum atomic E-state index is 6.00. The number of nitrogens with one attached hydrogen (secondary N) is 1. The van der Waals surface area contributed by atoms with E-state index in [1.165, 1.54) is 0 Å². The molecule has 3 heterocycles. The highest BCUT2D eigenvalue weighted by Crippen LogP contribution is 2.28. The van der Waals surface area contributed by atoms with Crippen molar-refractivity contribution in [2.24, 2.45) is 0 Å². The molecule has 36 heavy (non-hydrogen) atoms. The van der Waals surface area contributed by atoms with E-state index >= 15 is 0 Å². The quantitative estimate of drug-likeness (QED) is 0.237. The first kappa shape index (κ1) is 23.6. The predicted molar refractivity (Wildman–Crippen MR) is 137 cm³/mol. The number of hydrogen-bond donors (Lipinski definition) is 1. The van der Waals surface area contributed by atoms with E-state index in [-0.39, 0.29) is 5.92 Å². The molecule has 5 rings (SSSR count). The van der Waals surface area contributed by atoms with E-state index in [9.17, 15) is 0 Å². The van der Waals surface area contributed by atoms with Crippen LogP contribution < -0.4 is 4.74 Å². The average molecular weight is 483 g/mol. The summed E-state index contributed by atoms with van der Waals surface area (Å²) < 4.78 is 17.8. The van der Waals surface area contributed by atoms with Crippen LogP contribution in [-0.2, 0) is 19.3 Å². The van der Waals surface area contributed by atoms with Crippen molar-refractivity contribution in [1.82, 2.24) is 20.2 Å². The highest BCUT2D eigenvalue weighted by atomic mass is 16.5. The van der Waals surface area contributed by atoms with Gasteiger partial charge in [-0.15, -0.1) is 10.2 Å². The maximum Gasteiger partial charge on any atom is 0.226 e. The van der Waals surface area contributed by atoms with Crippen molar-refractivity contribution in [3.05, 3.63) is 107 Å². The van der Waals surface area contributed by atoms with Gasteiger partial charge < -0.3 is 18.6 Å². The van der Waals surface area contributed by atoms with Crippen molar-refractivity contribution < 1.29 is 13.6 Å². The zero-order valence-corrected chi connectivity index (χ0v) is 20.6. The molecule has 0 spiro atoms. The minimum absolute atomic E-state index is 0.0289. The Morgan fingerprint density at radius 3 is 2.50 bits per heavy atom.